The standard InChI is InChI=1S/C15H14S/c1-12(2)15-11-10-14(16-15)9-8-13-6-4-3-5-7-13/h3-7,10-12H,1-2H3. The number of hydrogen-bond acceptors (Lipinski definition) is 1. The molecule has 0 nitrogen and oxygen atoms in total. The molecule has 0 bridgehead atoms. The van der Waals surface area contributed by atoms with Gasteiger partial charge in [0.05, 0.1) is 4.88 Å². The van der Waals surface area contributed by atoms with Crippen LogP contribution in [-0.4, -0.2) is 0 Å². The van der Waals surface area contributed by atoms with Crippen molar-refractivity contribution in [2.75, 3.05) is 0 Å². The average molecular weight is 226 g/mol. The quantitative estimate of drug-likeness (QED) is 0.637. The van der Waals surface area contributed by atoms with Gasteiger partial charge < -0.3 is 0 Å². The molecule has 0 N–H and O–H groups in total. The maximum Gasteiger partial charge on any atom is 0.0775 e. The van der Waals surface area contributed by atoms with E-state index in [1.807, 2.05) is 30.3 Å². The first-order chi connectivity index (χ1) is 7.75. The SMILES string of the molecule is CC(C)c1ccc(C#Cc2ccccc2)s1. The summed E-state index contributed by atoms with van der Waals surface area (Å²) in [7, 11) is 0. The first-order valence-electron chi connectivity index (χ1n) is 5.42. The van der Waals surface area contributed by atoms with E-state index in [4.69, 9.17) is 0 Å². The second-order valence-electron chi connectivity index (χ2n) is 3.97. The first-order valence-corrected chi connectivity index (χ1v) is 6.24. The Morgan fingerprint density at radius 2 is 1.69 bits per heavy atom. The third-order valence-corrected chi connectivity index (χ3v) is 3.60. The van der Waals surface area contributed by atoms with Crippen LogP contribution in [0.4, 0.5) is 0 Å². The number of thiophene rings is 1. The van der Waals surface area contributed by atoms with Crippen molar-refractivity contribution in [2.45, 2.75) is 19.8 Å². The van der Waals surface area contributed by atoms with Crippen molar-refractivity contribution >= 4 is 11.3 Å². The highest BCUT2D eigenvalue weighted by atomic mass is 32.1. The van der Waals surface area contributed by atoms with Crippen molar-refractivity contribution in [3.05, 3.63) is 57.8 Å². The number of hydrogen-bond donors (Lipinski definition) is 0. The minimum absolute atomic E-state index is 0.595. The Bertz CT molecular complexity index is 509. The fraction of sp³-hybridized carbons (Fsp3) is 0.200. The fourth-order valence-electron chi connectivity index (χ4n) is 1.39. The minimum Gasteiger partial charge on any atom is -0.131 e. The maximum absolute atomic E-state index is 3.20. The van der Waals surface area contributed by atoms with Crippen molar-refractivity contribution < 1.29 is 0 Å². The minimum atomic E-state index is 0.595. The fourth-order valence-corrected chi connectivity index (χ4v) is 2.25. The Morgan fingerprint density at radius 3 is 2.31 bits per heavy atom. The van der Waals surface area contributed by atoms with Crippen LogP contribution < -0.4 is 0 Å². The van der Waals surface area contributed by atoms with Gasteiger partial charge in [0, 0.05) is 10.4 Å². The molecule has 0 saturated carbocycles. The van der Waals surface area contributed by atoms with Crippen LogP contribution in [0.15, 0.2) is 42.5 Å². The summed E-state index contributed by atoms with van der Waals surface area (Å²) in [6, 6.07) is 14.4. The lowest BCUT2D eigenvalue weighted by atomic mass is 10.2. The van der Waals surface area contributed by atoms with Gasteiger partial charge in [-0.15, -0.1) is 11.3 Å². The Morgan fingerprint density at radius 1 is 0.938 bits per heavy atom. The predicted molar refractivity (Wildman–Crippen MR) is 70.8 cm³/mol. The third-order valence-electron chi connectivity index (χ3n) is 2.30. The monoisotopic (exact) mass is 226 g/mol. The molecular weight excluding hydrogens is 212 g/mol. The zero-order chi connectivity index (χ0) is 11.4. The van der Waals surface area contributed by atoms with Crippen LogP contribution in [0.5, 0.6) is 0 Å². The highest BCUT2D eigenvalue weighted by Crippen LogP contribution is 2.23. The summed E-state index contributed by atoms with van der Waals surface area (Å²) in [5.74, 6) is 6.97. The molecule has 0 radical (unpaired) electrons. The van der Waals surface area contributed by atoms with Crippen molar-refractivity contribution in [1.29, 1.82) is 0 Å². The first kappa shape index (κ1) is 11.0. The highest BCUT2D eigenvalue weighted by molar-refractivity contribution is 7.12. The van der Waals surface area contributed by atoms with Gasteiger partial charge in [-0.1, -0.05) is 43.9 Å². The van der Waals surface area contributed by atoms with E-state index in [9.17, 15) is 0 Å². The van der Waals surface area contributed by atoms with Gasteiger partial charge in [-0.3, -0.25) is 0 Å². The third kappa shape index (κ3) is 2.74. The normalized spacial score (nSPS) is 9.94. The van der Waals surface area contributed by atoms with Crippen LogP contribution in [0.3, 0.4) is 0 Å². The molecule has 0 saturated heterocycles. The molecular formula is C15H14S. The van der Waals surface area contributed by atoms with Crippen molar-refractivity contribution in [2.24, 2.45) is 0 Å². The topological polar surface area (TPSA) is 0 Å². The lowest BCUT2D eigenvalue weighted by Crippen LogP contribution is -1.77. The van der Waals surface area contributed by atoms with Crippen LogP contribution in [-0.2, 0) is 0 Å². The summed E-state index contributed by atoms with van der Waals surface area (Å²) < 4.78 is 0. The largest absolute Gasteiger partial charge is 0.131 e. The lowest BCUT2D eigenvalue weighted by molar-refractivity contribution is 0.890. The molecule has 0 aliphatic carbocycles. The van der Waals surface area contributed by atoms with E-state index in [0.29, 0.717) is 5.92 Å². The summed E-state index contributed by atoms with van der Waals surface area (Å²) in [5, 5.41) is 0. The Labute approximate surface area is 101 Å². The molecule has 1 aromatic heterocycles. The van der Waals surface area contributed by atoms with Crippen LogP contribution in [0.2, 0.25) is 0 Å². The summed E-state index contributed by atoms with van der Waals surface area (Å²) in [4.78, 5) is 2.55. The molecule has 80 valence electrons. The van der Waals surface area contributed by atoms with Crippen LogP contribution >= 0.6 is 11.3 Å². The van der Waals surface area contributed by atoms with Gasteiger partial charge in [0.2, 0.25) is 0 Å². The van der Waals surface area contributed by atoms with Gasteiger partial charge in [-0.2, -0.15) is 0 Å². The van der Waals surface area contributed by atoms with E-state index in [1.165, 1.54) is 4.88 Å². The van der Waals surface area contributed by atoms with Crippen molar-refractivity contribution in [1.82, 2.24) is 0 Å². The van der Waals surface area contributed by atoms with Gasteiger partial charge >= 0.3 is 0 Å². The van der Waals surface area contributed by atoms with Crippen LogP contribution in [0.25, 0.3) is 0 Å². The summed E-state index contributed by atoms with van der Waals surface area (Å²) in [6.45, 7) is 4.42. The van der Waals surface area contributed by atoms with E-state index in [1.54, 1.807) is 11.3 Å². The van der Waals surface area contributed by atoms with Gasteiger partial charge in [0.1, 0.15) is 0 Å². The molecule has 1 aromatic carbocycles. The molecule has 16 heavy (non-hydrogen) atoms. The smallest absolute Gasteiger partial charge is 0.0775 e. The van der Waals surface area contributed by atoms with Crippen LogP contribution in [0.1, 0.15) is 35.1 Å². The Kier molecular flexibility index (Phi) is 3.44. The molecule has 0 fully saturated rings. The summed E-state index contributed by atoms with van der Waals surface area (Å²) in [6.07, 6.45) is 0. The van der Waals surface area contributed by atoms with Gasteiger partial charge in [0.15, 0.2) is 0 Å². The molecule has 1 heterocycles. The second-order valence-corrected chi connectivity index (χ2v) is 5.09. The van der Waals surface area contributed by atoms with E-state index in [0.717, 1.165) is 10.4 Å². The molecule has 0 atom stereocenters. The molecule has 2 rings (SSSR count). The van der Waals surface area contributed by atoms with Gasteiger partial charge in [-0.05, 0) is 30.2 Å². The predicted octanol–water partition coefficient (Wildman–Crippen LogP) is 4.27. The van der Waals surface area contributed by atoms with Gasteiger partial charge in [0.25, 0.3) is 0 Å². The maximum atomic E-state index is 3.20. The lowest BCUT2D eigenvalue weighted by Gasteiger charge is -1.96. The molecule has 0 aliphatic rings. The van der Waals surface area contributed by atoms with E-state index < -0.39 is 0 Å². The van der Waals surface area contributed by atoms with E-state index in [2.05, 4.69) is 37.8 Å². The molecule has 1 heteroatoms. The number of rotatable bonds is 1. The van der Waals surface area contributed by atoms with E-state index >= 15 is 0 Å². The Hall–Kier alpha value is -1.52. The zero-order valence-electron chi connectivity index (χ0n) is 9.53. The molecule has 0 aliphatic heterocycles. The molecule has 0 amide bonds. The molecule has 0 spiro atoms. The summed E-state index contributed by atoms with van der Waals surface area (Å²) in [5.41, 5.74) is 1.07. The zero-order valence-corrected chi connectivity index (χ0v) is 10.3. The molecule has 0 unspecified atom stereocenters. The average Bonchev–Trinajstić information content (AvgIpc) is 2.76. The highest BCUT2D eigenvalue weighted by Gasteiger charge is 2.01. The number of benzene rings is 1. The van der Waals surface area contributed by atoms with Gasteiger partial charge in [-0.25, -0.2) is 0 Å². The molecule has 2 aromatic rings. The van der Waals surface area contributed by atoms with Crippen molar-refractivity contribution in [3.63, 3.8) is 0 Å². The van der Waals surface area contributed by atoms with Crippen LogP contribution in [0, 0.1) is 11.8 Å². The van der Waals surface area contributed by atoms with Crippen molar-refractivity contribution in [3.8, 4) is 11.8 Å². The second kappa shape index (κ2) is 5.01. The summed E-state index contributed by atoms with van der Waals surface area (Å²) >= 11 is 1.79. The Balaban J connectivity index is 2.18. The van der Waals surface area contributed by atoms with E-state index in [-0.39, 0.29) is 0 Å².